The van der Waals surface area contributed by atoms with Crippen molar-refractivity contribution < 1.29 is 13.9 Å². The summed E-state index contributed by atoms with van der Waals surface area (Å²) in [5, 5.41) is 0.665. The summed E-state index contributed by atoms with van der Waals surface area (Å²) in [5.74, 6) is 0.0435. The minimum absolute atomic E-state index is 0.397. The van der Waals surface area contributed by atoms with Crippen LogP contribution in [0.15, 0.2) is 59.2 Å². The molecule has 0 aliphatic carbocycles. The molecule has 5 heteroatoms. The van der Waals surface area contributed by atoms with Gasteiger partial charge in [-0.25, -0.2) is 9.78 Å². The molecule has 1 heterocycles. The van der Waals surface area contributed by atoms with Crippen molar-refractivity contribution in [2.45, 2.75) is 0 Å². The third-order valence-corrected chi connectivity index (χ3v) is 3.43. The number of halogens is 1. The highest BCUT2D eigenvalue weighted by Crippen LogP contribution is 2.26. The van der Waals surface area contributed by atoms with Gasteiger partial charge in [-0.15, -0.1) is 0 Å². The Balaban J connectivity index is 1.94. The lowest BCUT2D eigenvalue weighted by atomic mass is 10.1. The van der Waals surface area contributed by atoms with E-state index in [1.807, 2.05) is 18.2 Å². The van der Waals surface area contributed by atoms with Gasteiger partial charge in [0.2, 0.25) is 5.89 Å². The topological polar surface area (TPSA) is 52.3 Å². The number of hydrogen-bond acceptors (Lipinski definition) is 4. The Labute approximate surface area is 132 Å². The number of carbonyl (C=O) groups is 1. The van der Waals surface area contributed by atoms with Crippen molar-refractivity contribution in [2.24, 2.45) is 0 Å². The van der Waals surface area contributed by atoms with Crippen molar-refractivity contribution in [3.63, 3.8) is 0 Å². The normalized spacial score (nSPS) is 10.5. The SMILES string of the molecule is COC(=O)c1cccc(-c2nc(-c3ccc(Cl)cc3)co2)c1. The molecule has 0 saturated heterocycles. The number of nitrogens with zero attached hydrogens (tertiary/aromatic N) is 1. The first kappa shape index (κ1) is 14.4. The van der Waals surface area contributed by atoms with E-state index in [1.165, 1.54) is 7.11 Å². The minimum Gasteiger partial charge on any atom is -0.465 e. The van der Waals surface area contributed by atoms with E-state index in [9.17, 15) is 4.79 Å². The molecule has 22 heavy (non-hydrogen) atoms. The molecule has 4 nitrogen and oxygen atoms in total. The molecular weight excluding hydrogens is 302 g/mol. The first-order chi connectivity index (χ1) is 10.7. The second-order valence-corrected chi connectivity index (χ2v) is 5.05. The molecule has 0 saturated carbocycles. The largest absolute Gasteiger partial charge is 0.465 e. The van der Waals surface area contributed by atoms with E-state index in [0.717, 1.165) is 5.56 Å². The number of hydrogen-bond donors (Lipinski definition) is 0. The van der Waals surface area contributed by atoms with Crippen LogP contribution in [0.3, 0.4) is 0 Å². The summed E-state index contributed by atoms with van der Waals surface area (Å²) in [4.78, 5) is 16.0. The van der Waals surface area contributed by atoms with Crippen LogP contribution in [0, 0.1) is 0 Å². The molecule has 1 aromatic heterocycles. The Hall–Kier alpha value is -2.59. The van der Waals surface area contributed by atoms with Crippen molar-refractivity contribution in [2.75, 3.05) is 7.11 Å². The molecule has 0 aliphatic rings. The zero-order valence-corrected chi connectivity index (χ0v) is 12.5. The molecule has 110 valence electrons. The van der Waals surface area contributed by atoms with Crippen LogP contribution in [0.2, 0.25) is 5.02 Å². The van der Waals surface area contributed by atoms with E-state index in [-0.39, 0.29) is 0 Å². The van der Waals surface area contributed by atoms with Crippen LogP contribution in [0.4, 0.5) is 0 Å². The number of rotatable bonds is 3. The molecule has 0 atom stereocenters. The van der Waals surface area contributed by atoms with Gasteiger partial charge in [0.25, 0.3) is 0 Å². The van der Waals surface area contributed by atoms with Crippen molar-refractivity contribution in [1.82, 2.24) is 4.98 Å². The third-order valence-electron chi connectivity index (χ3n) is 3.17. The number of methoxy groups -OCH3 is 1. The van der Waals surface area contributed by atoms with Gasteiger partial charge in [-0.2, -0.15) is 0 Å². The number of ether oxygens (including phenoxy) is 1. The molecular formula is C17H12ClNO3. The number of carbonyl (C=O) groups excluding carboxylic acids is 1. The summed E-state index contributed by atoms with van der Waals surface area (Å²) in [6.07, 6.45) is 1.57. The van der Waals surface area contributed by atoms with E-state index >= 15 is 0 Å². The minimum atomic E-state index is -0.397. The Kier molecular flexibility index (Phi) is 3.94. The number of oxazole rings is 1. The predicted octanol–water partition coefficient (Wildman–Crippen LogP) is 4.45. The van der Waals surface area contributed by atoms with Gasteiger partial charge >= 0.3 is 5.97 Å². The van der Waals surface area contributed by atoms with Crippen LogP contribution in [0.1, 0.15) is 10.4 Å². The maximum Gasteiger partial charge on any atom is 0.337 e. The van der Waals surface area contributed by atoms with Gasteiger partial charge < -0.3 is 9.15 Å². The van der Waals surface area contributed by atoms with Gasteiger partial charge in [0.05, 0.1) is 12.7 Å². The first-order valence-electron chi connectivity index (χ1n) is 6.57. The van der Waals surface area contributed by atoms with Crippen LogP contribution < -0.4 is 0 Å². The Morgan fingerprint density at radius 1 is 1.14 bits per heavy atom. The molecule has 0 unspecified atom stereocenters. The van der Waals surface area contributed by atoms with E-state index in [4.69, 9.17) is 20.8 Å². The molecule has 0 aliphatic heterocycles. The Morgan fingerprint density at radius 3 is 2.64 bits per heavy atom. The van der Waals surface area contributed by atoms with E-state index in [2.05, 4.69) is 4.98 Å². The molecule has 2 aromatic carbocycles. The fourth-order valence-corrected chi connectivity index (χ4v) is 2.18. The zero-order chi connectivity index (χ0) is 15.5. The molecule has 0 radical (unpaired) electrons. The van der Waals surface area contributed by atoms with Crippen molar-refractivity contribution in [3.8, 4) is 22.7 Å². The summed E-state index contributed by atoms with van der Waals surface area (Å²) >= 11 is 5.87. The summed E-state index contributed by atoms with van der Waals surface area (Å²) in [6, 6.07) is 14.3. The van der Waals surface area contributed by atoms with Crippen LogP contribution >= 0.6 is 11.6 Å². The number of benzene rings is 2. The van der Waals surface area contributed by atoms with E-state index in [0.29, 0.717) is 27.7 Å². The smallest absolute Gasteiger partial charge is 0.337 e. The summed E-state index contributed by atoms with van der Waals surface area (Å²) in [5.41, 5.74) is 2.77. The molecule has 0 spiro atoms. The van der Waals surface area contributed by atoms with Crippen LogP contribution in [0.5, 0.6) is 0 Å². The lowest BCUT2D eigenvalue weighted by Gasteiger charge is -2.00. The monoisotopic (exact) mass is 313 g/mol. The van der Waals surface area contributed by atoms with Crippen LogP contribution in [0.25, 0.3) is 22.7 Å². The Bertz CT molecular complexity index is 809. The van der Waals surface area contributed by atoms with E-state index in [1.54, 1.807) is 36.6 Å². The maximum atomic E-state index is 11.6. The quantitative estimate of drug-likeness (QED) is 0.670. The first-order valence-corrected chi connectivity index (χ1v) is 6.95. The van der Waals surface area contributed by atoms with Gasteiger partial charge in [-0.1, -0.05) is 29.8 Å². The summed E-state index contributed by atoms with van der Waals surface area (Å²) in [7, 11) is 1.35. The molecule has 0 N–H and O–H groups in total. The van der Waals surface area contributed by atoms with Gasteiger partial charge in [0, 0.05) is 16.1 Å². The van der Waals surface area contributed by atoms with Crippen LogP contribution in [-0.4, -0.2) is 18.1 Å². The molecule has 3 rings (SSSR count). The fraction of sp³-hybridized carbons (Fsp3) is 0.0588. The third kappa shape index (κ3) is 2.87. The maximum absolute atomic E-state index is 11.6. The lowest BCUT2D eigenvalue weighted by molar-refractivity contribution is 0.0601. The molecule has 0 fully saturated rings. The van der Waals surface area contributed by atoms with Crippen molar-refractivity contribution >= 4 is 17.6 Å². The summed E-state index contributed by atoms with van der Waals surface area (Å²) in [6.45, 7) is 0. The second kappa shape index (κ2) is 6.03. The molecule has 3 aromatic rings. The average Bonchev–Trinajstić information content (AvgIpc) is 3.05. The van der Waals surface area contributed by atoms with Gasteiger partial charge in [0.1, 0.15) is 12.0 Å². The highest BCUT2D eigenvalue weighted by molar-refractivity contribution is 6.30. The van der Waals surface area contributed by atoms with E-state index < -0.39 is 5.97 Å². The van der Waals surface area contributed by atoms with Gasteiger partial charge in [-0.3, -0.25) is 0 Å². The molecule has 0 amide bonds. The fourth-order valence-electron chi connectivity index (χ4n) is 2.06. The second-order valence-electron chi connectivity index (χ2n) is 4.62. The number of aromatic nitrogens is 1. The molecule has 0 bridgehead atoms. The van der Waals surface area contributed by atoms with Crippen molar-refractivity contribution in [3.05, 3.63) is 65.4 Å². The zero-order valence-electron chi connectivity index (χ0n) is 11.7. The summed E-state index contributed by atoms with van der Waals surface area (Å²) < 4.78 is 10.2. The highest BCUT2D eigenvalue weighted by atomic mass is 35.5. The van der Waals surface area contributed by atoms with Gasteiger partial charge in [0.15, 0.2) is 0 Å². The highest BCUT2D eigenvalue weighted by Gasteiger charge is 2.11. The number of esters is 1. The van der Waals surface area contributed by atoms with Crippen molar-refractivity contribution in [1.29, 1.82) is 0 Å². The van der Waals surface area contributed by atoms with Crippen LogP contribution in [-0.2, 0) is 4.74 Å². The standard InChI is InChI=1S/C17H12ClNO3/c1-21-17(20)13-4-2-3-12(9-13)16-19-15(10-22-16)11-5-7-14(18)8-6-11/h2-10H,1H3. The lowest BCUT2D eigenvalue weighted by Crippen LogP contribution is -2.00. The predicted molar refractivity (Wildman–Crippen MR) is 83.7 cm³/mol. The Morgan fingerprint density at radius 2 is 1.91 bits per heavy atom. The van der Waals surface area contributed by atoms with Gasteiger partial charge in [-0.05, 0) is 30.3 Å². The average molecular weight is 314 g/mol.